The van der Waals surface area contributed by atoms with Gasteiger partial charge < -0.3 is 24.6 Å². The van der Waals surface area contributed by atoms with Gasteiger partial charge in [-0.1, -0.05) is 48.0 Å². The van der Waals surface area contributed by atoms with Crippen LogP contribution < -0.4 is 0 Å². The van der Waals surface area contributed by atoms with E-state index in [0.29, 0.717) is 21.8 Å². The average Bonchev–Trinajstić information content (AvgIpc) is 3.54. The van der Waals surface area contributed by atoms with Gasteiger partial charge in [-0.3, -0.25) is 0 Å². The highest BCUT2D eigenvalue weighted by Gasteiger charge is 2.44. The van der Waals surface area contributed by atoms with Crippen LogP contribution in [0.25, 0.3) is 10.6 Å². The minimum atomic E-state index is -1.12. The molecule has 1 aliphatic heterocycles. The fraction of sp³-hybridized carbons (Fsp3) is 0.250. The Morgan fingerprint density at radius 1 is 1.12 bits per heavy atom. The van der Waals surface area contributed by atoms with Crippen LogP contribution in [0.1, 0.15) is 41.0 Å². The molecule has 7 nitrogen and oxygen atoms in total. The van der Waals surface area contributed by atoms with E-state index in [-0.39, 0.29) is 0 Å². The molecule has 33 heavy (non-hydrogen) atoms. The van der Waals surface area contributed by atoms with Crippen molar-refractivity contribution < 1.29 is 20.1 Å². The zero-order chi connectivity index (χ0) is 23.1. The van der Waals surface area contributed by atoms with Gasteiger partial charge in [0.1, 0.15) is 29.4 Å². The number of imidazole rings is 1. The van der Waals surface area contributed by atoms with Crippen LogP contribution in [-0.4, -0.2) is 42.1 Å². The minimum absolute atomic E-state index is 0.529. The Morgan fingerprint density at radius 2 is 1.91 bits per heavy atom. The summed E-state index contributed by atoms with van der Waals surface area (Å²) in [7, 11) is 0. The lowest BCUT2D eigenvalue weighted by molar-refractivity contribution is -0.0380. The van der Waals surface area contributed by atoms with Crippen LogP contribution in [0.5, 0.6) is 0 Å². The Labute approximate surface area is 199 Å². The smallest absolute Gasteiger partial charge is 0.164 e. The second-order valence-electron chi connectivity index (χ2n) is 8.05. The highest BCUT2D eigenvalue weighted by molar-refractivity contribution is 7.13. The van der Waals surface area contributed by atoms with Gasteiger partial charge in [0.25, 0.3) is 0 Å². The first-order chi connectivity index (χ1) is 15.9. The second-order valence-corrected chi connectivity index (χ2v) is 9.34. The number of nitrogens with zero attached hydrogens (tertiary/aromatic N) is 3. The lowest BCUT2D eigenvalue weighted by Gasteiger charge is -2.17. The van der Waals surface area contributed by atoms with Crippen LogP contribution in [0.4, 0.5) is 0 Å². The number of hydrogen-bond donors (Lipinski definition) is 3. The third kappa shape index (κ3) is 4.33. The second kappa shape index (κ2) is 8.98. The summed E-state index contributed by atoms with van der Waals surface area (Å²) in [6.45, 7) is 1.84. The summed E-state index contributed by atoms with van der Waals surface area (Å²) in [6, 6.07) is 14.5. The van der Waals surface area contributed by atoms with Gasteiger partial charge in [0.2, 0.25) is 0 Å². The Kier molecular flexibility index (Phi) is 6.05. The highest BCUT2D eigenvalue weighted by Crippen LogP contribution is 2.40. The largest absolute Gasteiger partial charge is 0.387 e. The van der Waals surface area contributed by atoms with Crippen molar-refractivity contribution in [3.8, 4) is 10.6 Å². The van der Waals surface area contributed by atoms with Crippen LogP contribution in [0.3, 0.4) is 0 Å². The van der Waals surface area contributed by atoms with E-state index in [1.807, 2.05) is 24.4 Å². The molecule has 4 aromatic rings. The van der Waals surface area contributed by atoms with E-state index in [1.54, 1.807) is 53.5 Å². The molecule has 1 fully saturated rings. The standard InChI is InChI=1S/C24H22ClN3O4S/c1-13-10-28(12-26-13)24-21(31)20(30)22(32-24)16-4-2-3-15(9-16)19(29)18-11-33-23(27-18)14-5-7-17(25)8-6-14/h2-12,19-22,24,29-31H,1H3/t19?,20-,21+,22+,24-/m1/s1. The van der Waals surface area contributed by atoms with Gasteiger partial charge in [-0.25, -0.2) is 9.97 Å². The number of rotatable bonds is 5. The Hall–Kier alpha value is -2.59. The first kappa shape index (κ1) is 22.2. The van der Waals surface area contributed by atoms with Crippen molar-refractivity contribution in [3.05, 3.63) is 94.0 Å². The molecule has 9 heteroatoms. The fourth-order valence-electron chi connectivity index (χ4n) is 3.97. The van der Waals surface area contributed by atoms with Crippen LogP contribution >= 0.6 is 22.9 Å². The molecule has 5 rings (SSSR count). The summed E-state index contributed by atoms with van der Waals surface area (Å²) in [5, 5.41) is 35.4. The first-order valence-corrected chi connectivity index (χ1v) is 11.7. The lowest BCUT2D eigenvalue weighted by atomic mass is 9.98. The molecule has 5 atom stereocenters. The molecule has 2 aromatic carbocycles. The molecule has 1 unspecified atom stereocenters. The van der Waals surface area contributed by atoms with E-state index < -0.39 is 30.6 Å². The van der Waals surface area contributed by atoms with Gasteiger partial charge in [0.05, 0.1) is 17.7 Å². The van der Waals surface area contributed by atoms with Crippen molar-refractivity contribution in [3.63, 3.8) is 0 Å². The minimum Gasteiger partial charge on any atom is -0.387 e. The highest BCUT2D eigenvalue weighted by atomic mass is 35.5. The van der Waals surface area contributed by atoms with Crippen molar-refractivity contribution in [1.29, 1.82) is 0 Å². The van der Waals surface area contributed by atoms with Crippen LogP contribution in [0.15, 0.2) is 66.4 Å². The molecule has 0 bridgehead atoms. The molecular weight excluding hydrogens is 462 g/mol. The zero-order valence-corrected chi connectivity index (χ0v) is 19.2. The van der Waals surface area contributed by atoms with Gasteiger partial charge in [0.15, 0.2) is 6.23 Å². The average molecular weight is 484 g/mol. The molecule has 2 aromatic heterocycles. The molecule has 1 saturated heterocycles. The van der Waals surface area contributed by atoms with Crippen molar-refractivity contribution in [1.82, 2.24) is 14.5 Å². The van der Waals surface area contributed by atoms with Gasteiger partial charge in [-0.15, -0.1) is 11.3 Å². The maximum atomic E-state index is 11.0. The number of aromatic nitrogens is 3. The summed E-state index contributed by atoms with van der Waals surface area (Å²) < 4.78 is 7.65. The van der Waals surface area contributed by atoms with E-state index in [2.05, 4.69) is 9.97 Å². The normalized spacial score (nSPS) is 23.7. The SMILES string of the molecule is Cc1cn([C@@H]2O[C@@H](c3cccc(C(O)c4csc(-c5ccc(Cl)cc5)n4)c3)[C@H](O)[C@@H]2O)cn1. The molecular formula is C24H22ClN3O4S. The molecule has 0 amide bonds. The van der Waals surface area contributed by atoms with E-state index in [4.69, 9.17) is 16.3 Å². The molecule has 0 radical (unpaired) electrons. The molecule has 3 N–H and O–H groups in total. The third-order valence-electron chi connectivity index (χ3n) is 5.71. The van der Waals surface area contributed by atoms with Crippen LogP contribution in [0.2, 0.25) is 5.02 Å². The van der Waals surface area contributed by atoms with Crippen molar-refractivity contribution in [2.45, 2.75) is 37.6 Å². The predicted octanol–water partition coefficient (Wildman–Crippen LogP) is 4.04. The molecule has 0 aliphatic carbocycles. The van der Waals surface area contributed by atoms with Crippen molar-refractivity contribution in [2.75, 3.05) is 0 Å². The topological polar surface area (TPSA) is 101 Å². The number of aliphatic hydroxyl groups excluding tert-OH is 3. The van der Waals surface area contributed by atoms with Crippen molar-refractivity contribution in [2.24, 2.45) is 0 Å². The molecule has 0 saturated carbocycles. The number of benzene rings is 2. The van der Waals surface area contributed by atoms with Gasteiger partial charge in [-0.05, 0) is 30.2 Å². The number of aryl methyl sites for hydroxylation is 1. The monoisotopic (exact) mass is 483 g/mol. The number of thiazole rings is 1. The van der Waals surface area contributed by atoms with Gasteiger partial charge >= 0.3 is 0 Å². The molecule has 3 heterocycles. The van der Waals surface area contributed by atoms with E-state index >= 15 is 0 Å². The Bertz CT molecular complexity index is 1260. The third-order valence-corrected chi connectivity index (χ3v) is 6.87. The maximum Gasteiger partial charge on any atom is 0.164 e. The van der Waals surface area contributed by atoms with E-state index in [9.17, 15) is 15.3 Å². The zero-order valence-electron chi connectivity index (χ0n) is 17.6. The fourth-order valence-corrected chi connectivity index (χ4v) is 4.94. The lowest BCUT2D eigenvalue weighted by Crippen LogP contribution is -2.28. The summed E-state index contributed by atoms with van der Waals surface area (Å²) >= 11 is 7.40. The van der Waals surface area contributed by atoms with Crippen molar-refractivity contribution >= 4 is 22.9 Å². The summed E-state index contributed by atoms with van der Waals surface area (Å²) in [4.78, 5) is 8.75. The number of aliphatic hydroxyl groups is 3. The molecule has 170 valence electrons. The summed E-state index contributed by atoms with van der Waals surface area (Å²) in [5.74, 6) is 0. The van der Waals surface area contributed by atoms with Gasteiger partial charge in [-0.2, -0.15) is 0 Å². The number of hydrogen-bond acceptors (Lipinski definition) is 7. The number of ether oxygens (including phenoxy) is 1. The number of halogens is 1. The maximum absolute atomic E-state index is 11.0. The van der Waals surface area contributed by atoms with Crippen LogP contribution in [-0.2, 0) is 4.74 Å². The predicted molar refractivity (Wildman–Crippen MR) is 125 cm³/mol. The van der Waals surface area contributed by atoms with Gasteiger partial charge in [0, 0.05) is 22.2 Å². The molecule has 0 spiro atoms. The Morgan fingerprint density at radius 3 is 2.64 bits per heavy atom. The molecule has 1 aliphatic rings. The quantitative estimate of drug-likeness (QED) is 0.396. The summed E-state index contributed by atoms with van der Waals surface area (Å²) in [6.07, 6.45) is -1.36. The first-order valence-electron chi connectivity index (χ1n) is 10.4. The Balaban J connectivity index is 1.37. The summed E-state index contributed by atoms with van der Waals surface area (Å²) in [5.41, 5.74) is 3.52. The van der Waals surface area contributed by atoms with E-state index in [1.165, 1.54) is 11.3 Å². The van der Waals surface area contributed by atoms with Crippen LogP contribution in [0, 0.1) is 6.92 Å². The van der Waals surface area contributed by atoms with E-state index in [0.717, 1.165) is 16.3 Å².